The van der Waals surface area contributed by atoms with Gasteiger partial charge in [0.15, 0.2) is 5.82 Å². The Labute approximate surface area is 179 Å². The van der Waals surface area contributed by atoms with E-state index in [1.165, 1.54) is 30.6 Å². The minimum absolute atomic E-state index is 0.0168. The summed E-state index contributed by atoms with van der Waals surface area (Å²) in [6.07, 6.45) is 1.44. The third-order valence-electron chi connectivity index (χ3n) is 4.29. The van der Waals surface area contributed by atoms with Crippen molar-refractivity contribution in [3.8, 4) is 23.0 Å². The number of ether oxygens (including phenoxy) is 2. The molecule has 3 aromatic carbocycles. The number of hydrogen-bond acceptors (Lipinski definition) is 7. The van der Waals surface area contributed by atoms with Crippen LogP contribution in [0.5, 0.6) is 23.0 Å². The van der Waals surface area contributed by atoms with Crippen molar-refractivity contribution in [3.05, 3.63) is 91.0 Å². The van der Waals surface area contributed by atoms with Gasteiger partial charge in [-0.25, -0.2) is 4.98 Å². The van der Waals surface area contributed by atoms with Crippen molar-refractivity contribution in [2.75, 3.05) is 0 Å². The summed E-state index contributed by atoms with van der Waals surface area (Å²) < 4.78 is 43.2. The molecule has 0 aliphatic carbocycles. The summed E-state index contributed by atoms with van der Waals surface area (Å²) in [5.41, 5.74) is 0. The van der Waals surface area contributed by atoms with Crippen molar-refractivity contribution >= 4 is 10.1 Å². The lowest BCUT2D eigenvalue weighted by Gasteiger charge is -2.10. The molecule has 9 heteroatoms. The van der Waals surface area contributed by atoms with E-state index in [-0.39, 0.29) is 17.3 Å². The Kier molecular flexibility index (Phi) is 5.85. The number of nitrogens with zero attached hydrogens (tertiary/aromatic N) is 3. The van der Waals surface area contributed by atoms with Crippen LogP contribution in [-0.2, 0) is 23.8 Å². The first-order valence-corrected chi connectivity index (χ1v) is 10.7. The largest absolute Gasteiger partial charge is 0.486 e. The molecular weight excluding hydrogens is 418 g/mol. The highest BCUT2D eigenvalue weighted by molar-refractivity contribution is 7.87. The van der Waals surface area contributed by atoms with Crippen molar-refractivity contribution in [2.24, 2.45) is 7.05 Å². The van der Waals surface area contributed by atoms with Crippen LogP contribution in [0.25, 0.3) is 0 Å². The Morgan fingerprint density at radius 1 is 0.806 bits per heavy atom. The van der Waals surface area contributed by atoms with Crippen LogP contribution >= 0.6 is 0 Å². The van der Waals surface area contributed by atoms with Crippen molar-refractivity contribution in [2.45, 2.75) is 11.5 Å². The maximum Gasteiger partial charge on any atom is 0.339 e. The lowest BCUT2D eigenvalue weighted by Crippen LogP contribution is -2.09. The summed E-state index contributed by atoms with van der Waals surface area (Å²) >= 11 is 0. The van der Waals surface area contributed by atoms with Crippen molar-refractivity contribution in [1.82, 2.24) is 14.8 Å². The van der Waals surface area contributed by atoms with Gasteiger partial charge in [0.25, 0.3) is 0 Å². The Morgan fingerprint density at radius 2 is 1.42 bits per heavy atom. The third-order valence-corrected chi connectivity index (χ3v) is 5.56. The van der Waals surface area contributed by atoms with Gasteiger partial charge in [0.1, 0.15) is 40.8 Å². The fraction of sp³-hybridized carbons (Fsp3) is 0.0909. The van der Waals surface area contributed by atoms with Crippen LogP contribution in [0.4, 0.5) is 0 Å². The average molecular weight is 437 g/mol. The van der Waals surface area contributed by atoms with Crippen LogP contribution in [0.1, 0.15) is 5.82 Å². The molecule has 0 saturated heterocycles. The SMILES string of the molecule is Cn1ncnc1COc1ccc(S(=O)(=O)Oc2ccc(Oc3ccccc3)cc2)cc1. The maximum absolute atomic E-state index is 12.6. The predicted octanol–water partition coefficient (Wildman–Crippen LogP) is 3.95. The molecule has 158 valence electrons. The number of hydrogen-bond donors (Lipinski definition) is 0. The van der Waals surface area contributed by atoms with E-state index in [4.69, 9.17) is 13.7 Å². The maximum atomic E-state index is 12.6. The quantitative estimate of drug-likeness (QED) is 0.385. The standard InChI is InChI=1S/C22H19N3O5S/c1-25-22(23-16-24-25)15-28-17-11-13-21(14-12-17)31(26,27)30-20-9-7-19(8-10-20)29-18-5-3-2-4-6-18/h2-14,16H,15H2,1H3. The van der Waals surface area contributed by atoms with E-state index in [1.807, 2.05) is 30.3 Å². The molecule has 4 aromatic rings. The molecule has 0 bridgehead atoms. The Balaban J connectivity index is 1.38. The van der Waals surface area contributed by atoms with E-state index in [2.05, 4.69) is 10.1 Å². The van der Waals surface area contributed by atoms with Gasteiger partial charge in [-0.15, -0.1) is 0 Å². The van der Waals surface area contributed by atoms with Gasteiger partial charge in [-0.05, 0) is 60.7 Å². The minimum atomic E-state index is -3.99. The second-order valence-corrected chi connectivity index (χ2v) is 8.03. The van der Waals surface area contributed by atoms with Gasteiger partial charge in [-0.3, -0.25) is 4.68 Å². The van der Waals surface area contributed by atoms with Gasteiger partial charge in [0.05, 0.1) is 0 Å². The Bertz CT molecular complexity index is 1240. The minimum Gasteiger partial charge on any atom is -0.486 e. The molecule has 0 aliphatic rings. The van der Waals surface area contributed by atoms with Crippen LogP contribution in [0.15, 0.2) is 90.1 Å². The normalized spacial score (nSPS) is 11.1. The fourth-order valence-electron chi connectivity index (χ4n) is 2.66. The van der Waals surface area contributed by atoms with Crippen LogP contribution in [-0.4, -0.2) is 23.2 Å². The molecule has 0 saturated carbocycles. The molecule has 4 rings (SSSR count). The summed E-state index contributed by atoms with van der Waals surface area (Å²) in [5.74, 6) is 2.60. The Morgan fingerprint density at radius 3 is 2.06 bits per heavy atom. The van der Waals surface area contributed by atoms with Crippen LogP contribution in [0.2, 0.25) is 0 Å². The van der Waals surface area contributed by atoms with Gasteiger partial charge < -0.3 is 13.7 Å². The first-order valence-electron chi connectivity index (χ1n) is 9.33. The van der Waals surface area contributed by atoms with Gasteiger partial charge in [0.2, 0.25) is 0 Å². The lowest BCUT2D eigenvalue weighted by molar-refractivity contribution is 0.289. The molecular formula is C22H19N3O5S. The summed E-state index contributed by atoms with van der Waals surface area (Å²) in [7, 11) is -2.23. The first-order chi connectivity index (χ1) is 15.0. The van der Waals surface area contributed by atoms with Gasteiger partial charge in [-0.2, -0.15) is 13.5 Å². The van der Waals surface area contributed by atoms with Crippen LogP contribution < -0.4 is 13.7 Å². The zero-order valence-electron chi connectivity index (χ0n) is 16.6. The monoisotopic (exact) mass is 437 g/mol. The summed E-state index contributed by atoms with van der Waals surface area (Å²) in [6.45, 7) is 0.219. The lowest BCUT2D eigenvalue weighted by atomic mass is 10.3. The fourth-order valence-corrected chi connectivity index (χ4v) is 3.59. The number of aryl methyl sites for hydroxylation is 1. The summed E-state index contributed by atoms with van der Waals surface area (Å²) in [5, 5.41) is 3.96. The molecule has 31 heavy (non-hydrogen) atoms. The molecule has 0 unspecified atom stereocenters. The third kappa shape index (κ3) is 5.20. The highest BCUT2D eigenvalue weighted by Gasteiger charge is 2.17. The molecule has 0 N–H and O–H groups in total. The van der Waals surface area contributed by atoms with Gasteiger partial charge >= 0.3 is 10.1 Å². The number of para-hydroxylation sites is 1. The van der Waals surface area contributed by atoms with Crippen molar-refractivity contribution in [1.29, 1.82) is 0 Å². The van der Waals surface area contributed by atoms with Crippen molar-refractivity contribution in [3.63, 3.8) is 0 Å². The Hall–Kier alpha value is -3.85. The van der Waals surface area contributed by atoms with E-state index in [1.54, 1.807) is 36.0 Å². The predicted molar refractivity (Wildman–Crippen MR) is 113 cm³/mol. The van der Waals surface area contributed by atoms with Crippen molar-refractivity contribution < 1.29 is 22.1 Å². The van der Waals surface area contributed by atoms with Gasteiger partial charge in [0, 0.05) is 7.05 Å². The number of rotatable bonds is 8. The highest BCUT2D eigenvalue weighted by atomic mass is 32.2. The molecule has 0 atom stereocenters. The van der Waals surface area contributed by atoms with E-state index in [9.17, 15) is 8.42 Å². The van der Waals surface area contributed by atoms with Crippen LogP contribution in [0.3, 0.4) is 0 Å². The van der Waals surface area contributed by atoms with Crippen LogP contribution in [0, 0.1) is 0 Å². The zero-order chi connectivity index (χ0) is 21.7. The van der Waals surface area contributed by atoms with E-state index < -0.39 is 10.1 Å². The van der Waals surface area contributed by atoms with E-state index in [0.717, 1.165) is 0 Å². The second kappa shape index (κ2) is 8.88. The molecule has 0 aliphatic heterocycles. The molecule has 1 heterocycles. The molecule has 1 aromatic heterocycles. The first kappa shape index (κ1) is 20.4. The number of benzene rings is 3. The topological polar surface area (TPSA) is 92.5 Å². The molecule has 0 fully saturated rings. The summed E-state index contributed by atoms with van der Waals surface area (Å²) in [6, 6.07) is 21.6. The van der Waals surface area contributed by atoms with Gasteiger partial charge in [-0.1, -0.05) is 18.2 Å². The zero-order valence-corrected chi connectivity index (χ0v) is 17.4. The smallest absolute Gasteiger partial charge is 0.339 e. The highest BCUT2D eigenvalue weighted by Crippen LogP contribution is 2.26. The average Bonchev–Trinajstić information content (AvgIpc) is 3.19. The molecule has 0 radical (unpaired) electrons. The molecule has 8 nitrogen and oxygen atoms in total. The molecule has 0 spiro atoms. The summed E-state index contributed by atoms with van der Waals surface area (Å²) in [4.78, 5) is 4.08. The van der Waals surface area contributed by atoms with E-state index in [0.29, 0.717) is 23.1 Å². The number of aromatic nitrogens is 3. The van der Waals surface area contributed by atoms with E-state index >= 15 is 0 Å². The second-order valence-electron chi connectivity index (χ2n) is 6.48. The molecule has 0 amide bonds.